The summed E-state index contributed by atoms with van der Waals surface area (Å²) in [5.74, 6) is 0.615. The van der Waals surface area contributed by atoms with Crippen LogP contribution in [0.15, 0.2) is 0 Å². The molecule has 1 rings (SSSR count). The normalized spacial score (nSPS) is 23.1. The number of rotatable bonds is 9. The van der Waals surface area contributed by atoms with Crippen LogP contribution in [0.25, 0.3) is 0 Å². The zero-order chi connectivity index (χ0) is 12.5. The summed E-state index contributed by atoms with van der Waals surface area (Å²) in [6.07, 6.45) is 3.76. The van der Waals surface area contributed by atoms with Crippen molar-refractivity contribution < 1.29 is 4.74 Å². The van der Waals surface area contributed by atoms with Gasteiger partial charge >= 0.3 is 0 Å². The Hall–Kier alpha value is -0.160. The van der Waals surface area contributed by atoms with E-state index in [1.165, 1.54) is 19.4 Å². The lowest BCUT2D eigenvalue weighted by atomic mass is 10.1. The van der Waals surface area contributed by atoms with Crippen LogP contribution < -0.4 is 11.1 Å². The van der Waals surface area contributed by atoms with E-state index in [1.807, 2.05) is 0 Å². The summed E-state index contributed by atoms with van der Waals surface area (Å²) in [7, 11) is 1.76. The number of hydrogen-bond donors (Lipinski definition) is 2. The predicted octanol–water partition coefficient (Wildman–Crippen LogP) is 0.672. The molecular weight excluding hydrogens is 214 g/mol. The smallest absolute Gasteiger partial charge is 0.0474 e. The second-order valence-corrected chi connectivity index (χ2v) is 5.18. The third-order valence-corrected chi connectivity index (χ3v) is 3.53. The highest BCUT2D eigenvalue weighted by Crippen LogP contribution is 2.17. The fourth-order valence-electron chi connectivity index (χ4n) is 2.45. The first-order valence-corrected chi connectivity index (χ1v) is 6.91. The minimum atomic E-state index is 0.615. The minimum absolute atomic E-state index is 0.615. The van der Waals surface area contributed by atoms with Gasteiger partial charge in [0, 0.05) is 32.8 Å². The molecule has 0 aromatic heterocycles. The topological polar surface area (TPSA) is 50.5 Å². The fourth-order valence-corrected chi connectivity index (χ4v) is 2.45. The summed E-state index contributed by atoms with van der Waals surface area (Å²) in [6.45, 7) is 8.46. The predicted molar refractivity (Wildman–Crippen MR) is 72.2 cm³/mol. The molecule has 0 spiro atoms. The molecule has 0 unspecified atom stereocenters. The van der Waals surface area contributed by atoms with Crippen molar-refractivity contribution >= 4 is 0 Å². The first kappa shape index (κ1) is 14.9. The SMILES string of the molecule is COCCCNC[C@@H]1CCCN1C[C@@H](C)CN. The Bertz CT molecular complexity index is 190. The Morgan fingerprint density at radius 3 is 3.06 bits per heavy atom. The average Bonchev–Trinajstić information content (AvgIpc) is 2.76. The van der Waals surface area contributed by atoms with Crippen molar-refractivity contribution in [2.24, 2.45) is 11.7 Å². The average molecular weight is 243 g/mol. The second-order valence-electron chi connectivity index (χ2n) is 5.18. The Morgan fingerprint density at radius 2 is 2.35 bits per heavy atom. The zero-order valence-corrected chi connectivity index (χ0v) is 11.5. The molecule has 0 aliphatic carbocycles. The van der Waals surface area contributed by atoms with Crippen molar-refractivity contribution in [1.29, 1.82) is 0 Å². The molecule has 1 saturated heterocycles. The molecule has 102 valence electrons. The Labute approximate surface area is 106 Å². The molecule has 0 radical (unpaired) electrons. The van der Waals surface area contributed by atoms with Gasteiger partial charge in [-0.15, -0.1) is 0 Å². The van der Waals surface area contributed by atoms with Crippen LogP contribution in [0.2, 0.25) is 0 Å². The van der Waals surface area contributed by atoms with Gasteiger partial charge < -0.3 is 15.8 Å². The maximum absolute atomic E-state index is 5.69. The molecule has 0 aromatic carbocycles. The molecule has 0 amide bonds. The van der Waals surface area contributed by atoms with Crippen LogP contribution in [0.5, 0.6) is 0 Å². The van der Waals surface area contributed by atoms with E-state index >= 15 is 0 Å². The zero-order valence-electron chi connectivity index (χ0n) is 11.5. The van der Waals surface area contributed by atoms with Crippen molar-refractivity contribution in [3.05, 3.63) is 0 Å². The quantitative estimate of drug-likeness (QED) is 0.585. The van der Waals surface area contributed by atoms with Crippen molar-refractivity contribution in [3.8, 4) is 0 Å². The molecule has 4 nitrogen and oxygen atoms in total. The molecular formula is C13H29N3O. The number of nitrogens with one attached hydrogen (secondary N) is 1. The van der Waals surface area contributed by atoms with E-state index in [2.05, 4.69) is 17.1 Å². The van der Waals surface area contributed by atoms with Crippen molar-refractivity contribution in [1.82, 2.24) is 10.2 Å². The molecule has 1 fully saturated rings. The summed E-state index contributed by atoms with van der Waals surface area (Å²) < 4.78 is 5.04. The molecule has 2 atom stereocenters. The molecule has 0 bridgehead atoms. The summed E-state index contributed by atoms with van der Waals surface area (Å²) in [4.78, 5) is 2.60. The van der Waals surface area contributed by atoms with Gasteiger partial charge in [-0.25, -0.2) is 0 Å². The maximum atomic E-state index is 5.69. The standard InChI is InChI=1S/C13H29N3O/c1-12(9-14)11-16-7-3-5-13(16)10-15-6-4-8-17-2/h12-13,15H,3-11,14H2,1-2H3/t12-,13-/m0/s1. The lowest BCUT2D eigenvalue weighted by Crippen LogP contribution is -2.41. The van der Waals surface area contributed by atoms with Gasteiger partial charge in [0.2, 0.25) is 0 Å². The molecule has 17 heavy (non-hydrogen) atoms. The summed E-state index contributed by atoms with van der Waals surface area (Å²) in [5, 5.41) is 3.53. The number of ether oxygens (including phenoxy) is 1. The third-order valence-electron chi connectivity index (χ3n) is 3.53. The van der Waals surface area contributed by atoms with E-state index in [9.17, 15) is 0 Å². The highest BCUT2D eigenvalue weighted by molar-refractivity contribution is 4.82. The van der Waals surface area contributed by atoms with Gasteiger partial charge in [-0.3, -0.25) is 4.90 Å². The largest absolute Gasteiger partial charge is 0.385 e. The van der Waals surface area contributed by atoms with Crippen LogP contribution >= 0.6 is 0 Å². The molecule has 1 heterocycles. The first-order chi connectivity index (χ1) is 8.27. The Morgan fingerprint density at radius 1 is 1.53 bits per heavy atom. The van der Waals surface area contributed by atoms with Crippen molar-refractivity contribution in [2.45, 2.75) is 32.2 Å². The number of likely N-dealkylation sites (tertiary alicyclic amines) is 1. The van der Waals surface area contributed by atoms with Gasteiger partial charge in [0.05, 0.1) is 0 Å². The Kier molecular flexibility index (Phi) is 7.77. The van der Waals surface area contributed by atoms with E-state index in [-0.39, 0.29) is 0 Å². The summed E-state index contributed by atoms with van der Waals surface area (Å²) in [5.41, 5.74) is 5.69. The van der Waals surface area contributed by atoms with Crippen LogP contribution in [0, 0.1) is 5.92 Å². The second kappa shape index (κ2) is 8.86. The first-order valence-electron chi connectivity index (χ1n) is 6.91. The monoisotopic (exact) mass is 243 g/mol. The van der Waals surface area contributed by atoms with Crippen molar-refractivity contribution in [2.75, 3.05) is 46.4 Å². The molecule has 4 heteroatoms. The third kappa shape index (κ3) is 5.82. The summed E-state index contributed by atoms with van der Waals surface area (Å²) >= 11 is 0. The van der Waals surface area contributed by atoms with Crippen LogP contribution in [0.1, 0.15) is 26.2 Å². The minimum Gasteiger partial charge on any atom is -0.385 e. The summed E-state index contributed by atoms with van der Waals surface area (Å²) in [6, 6.07) is 0.714. The molecule has 1 aliphatic heterocycles. The van der Waals surface area contributed by atoms with E-state index in [1.54, 1.807) is 7.11 Å². The van der Waals surface area contributed by atoms with Gasteiger partial charge in [0.25, 0.3) is 0 Å². The highest BCUT2D eigenvalue weighted by atomic mass is 16.5. The van der Waals surface area contributed by atoms with Crippen molar-refractivity contribution in [3.63, 3.8) is 0 Å². The molecule has 3 N–H and O–H groups in total. The highest BCUT2D eigenvalue weighted by Gasteiger charge is 2.24. The fraction of sp³-hybridized carbons (Fsp3) is 1.00. The number of methoxy groups -OCH3 is 1. The van der Waals surface area contributed by atoms with E-state index in [4.69, 9.17) is 10.5 Å². The Balaban J connectivity index is 2.13. The van der Waals surface area contributed by atoms with Crippen LogP contribution in [0.4, 0.5) is 0 Å². The number of nitrogens with zero attached hydrogens (tertiary/aromatic N) is 1. The lowest BCUT2D eigenvalue weighted by molar-refractivity contribution is 0.190. The van der Waals surface area contributed by atoms with Gasteiger partial charge in [0.1, 0.15) is 0 Å². The van der Waals surface area contributed by atoms with Crippen LogP contribution in [-0.2, 0) is 4.74 Å². The van der Waals surface area contributed by atoms with Crippen LogP contribution in [-0.4, -0.2) is 57.4 Å². The van der Waals surface area contributed by atoms with E-state index < -0.39 is 0 Å². The van der Waals surface area contributed by atoms with Gasteiger partial charge in [-0.1, -0.05) is 6.92 Å². The number of hydrogen-bond acceptors (Lipinski definition) is 4. The maximum Gasteiger partial charge on any atom is 0.0474 e. The van der Waals surface area contributed by atoms with Gasteiger partial charge in [-0.05, 0) is 44.8 Å². The lowest BCUT2D eigenvalue weighted by Gasteiger charge is -2.27. The number of nitrogens with two attached hydrogens (primary N) is 1. The van der Waals surface area contributed by atoms with Gasteiger partial charge in [0.15, 0.2) is 0 Å². The van der Waals surface area contributed by atoms with E-state index in [0.717, 1.165) is 39.2 Å². The van der Waals surface area contributed by atoms with Crippen LogP contribution in [0.3, 0.4) is 0 Å². The molecule has 0 aromatic rings. The van der Waals surface area contributed by atoms with E-state index in [0.29, 0.717) is 12.0 Å². The molecule has 1 aliphatic rings. The molecule has 0 saturated carbocycles. The van der Waals surface area contributed by atoms with Gasteiger partial charge in [-0.2, -0.15) is 0 Å².